The summed E-state index contributed by atoms with van der Waals surface area (Å²) in [5.74, 6) is 1.85. The molecular formula is C17H23N5O4. The Morgan fingerprint density at radius 3 is 2.58 bits per heavy atom. The molecule has 4 heterocycles. The Bertz CT molecular complexity index is 703. The van der Waals surface area contributed by atoms with E-state index in [4.69, 9.17) is 13.7 Å². The summed E-state index contributed by atoms with van der Waals surface area (Å²) in [5, 5.41) is 3.95. The number of carbonyl (C=O) groups excluding carboxylic acids is 1. The van der Waals surface area contributed by atoms with Gasteiger partial charge in [-0.05, 0) is 12.1 Å². The second-order valence-electron chi connectivity index (χ2n) is 6.53. The Hall–Kier alpha value is -2.23. The zero-order valence-corrected chi connectivity index (χ0v) is 14.7. The minimum absolute atomic E-state index is 0.196. The van der Waals surface area contributed by atoms with Crippen LogP contribution in [-0.4, -0.2) is 89.8 Å². The number of furan rings is 1. The van der Waals surface area contributed by atoms with Gasteiger partial charge in [-0.15, -0.1) is 0 Å². The van der Waals surface area contributed by atoms with E-state index in [0.29, 0.717) is 56.9 Å². The quantitative estimate of drug-likeness (QED) is 0.752. The zero-order valence-electron chi connectivity index (χ0n) is 14.7. The molecule has 0 radical (unpaired) electrons. The van der Waals surface area contributed by atoms with Gasteiger partial charge in [0.2, 0.25) is 17.6 Å². The summed E-state index contributed by atoms with van der Waals surface area (Å²) in [4.78, 5) is 23.1. The average Bonchev–Trinajstić information content (AvgIpc) is 3.36. The lowest BCUT2D eigenvalue weighted by Crippen LogP contribution is -2.51. The maximum atomic E-state index is 12.3. The van der Waals surface area contributed by atoms with Crippen LogP contribution in [0.1, 0.15) is 5.89 Å². The van der Waals surface area contributed by atoms with E-state index in [1.807, 2.05) is 4.90 Å². The van der Waals surface area contributed by atoms with Gasteiger partial charge in [-0.3, -0.25) is 14.6 Å². The molecule has 2 aliphatic heterocycles. The smallest absolute Gasteiger partial charge is 0.241 e. The van der Waals surface area contributed by atoms with E-state index in [0.717, 1.165) is 26.2 Å². The van der Waals surface area contributed by atoms with Crippen LogP contribution in [0, 0.1) is 0 Å². The molecule has 0 aliphatic carbocycles. The molecule has 9 heteroatoms. The lowest BCUT2D eigenvalue weighted by molar-refractivity contribution is -0.136. The predicted octanol–water partition coefficient (Wildman–Crippen LogP) is 0.306. The van der Waals surface area contributed by atoms with Crippen LogP contribution >= 0.6 is 0 Å². The number of hydrogen-bond acceptors (Lipinski definition) is 8. The van der Waals surface area contributed by atoms with E-state index in [1.54, 1.807) is 18.4 Å². The number of aromatic nitrogens is 2. The number of ether oxygens (including phenoxy) is 1. The molecule has 0 bridgehead atoms. The molecule has 0 saturated carbocycles. The first-order valence-corrected chi connectivity index (χ1v) is 8.94. The first-order valence-electron chi connectivity index (χ1n) is 8.94. The highest BCUT2D eigenvalue weighted by molar-refractivity contribution is 5.78. The van der Waals surface area contributed by atoms with Gasteiger partial charge in [0.1, 0.15) is 0 Å². The van der Waals surface area contributed by atoms with Crippen LogP contribution in [0.15, 0.2) is 27.3 Å². The Balaban J connectivity index is 1.23. The molecule has 140 valence electrons. The summed E-state index contributed by atoms with van der Waals surface area (Å²) >= 11 is 0. The van der Waals surface area contributed by atoms with E-state index in [-0.39, 0.29) is 5.91 Å². The first kappa shape index (κ1) is 17.2. The molecule has 0 atom stereocenters. The summed E-state index contributed by atoms with van der Waals surface area (Å²) in [7, 11) is 0. The van der Waals surface area contributed by atoms with E-state index < -0.39 is 0 Å². The van der Waals surface area contributed by atoms with Crippen molar-refractivity contribution in [1.82, 2.24) is 24.8 Å². The van der Waals surface area contributed by atoms with Crippen molar-refractivity contribution in [3.8, 4) is 11.6 Å². The molecule has 4 rings (SSSR count). The van der Waals surface area contributed by atoms with Gasteiger partial charge >= 0.3 is 0 Å². The molecular weight excluding hydrogens is 338 g/mol. The fourth-order valence-corrected chi connectivity index (χ4v) is 3.23. The number of rotatable bonds is 5. The third-order valence-corrected chi connectivity index (χ3v) is 4.76. The third-order valence-electron chi connectivity index (χ3n) is 4.76. The number of piperazine rings is 1. The molecule has 0 spiro atoms. The van der Waals surface area contributed by atoms with Crippen molar-refractivity contribution in [2.45, 2.75) is 6.54 Å². The highest BCUT2D eigenvalue weighted by Crippen LogP contribution is 2.17. The second kappa shape index (κ2) is 7.98. The fourth-order valence-electron chi connectivity index (χ4n) is 3.23. The van der Waals surface area contributed by atoms with Gasteiger partial charge in [-0.2, -0.15) is 4.98 Å². The molecule has 0 N–H and O–H groups in total. The largest absolute Gasteiger partial charge is 0.461 e. The van der Waals surface area contributed by atoms with Gasteiger partial charge in [0, 0.05) is 39.3 Å². The lowest BCUT2D eigenvalue weighted by atomic mass is 10.3. The van der Waals surface area contributed by atoms with E-state index in [2.05, 4.69) is 19.9 Å². The highest BCUT2D eigenvalue weighted by Gasteiger charge is 2.24. The standard InChI is InChI=1S/C17H23N5O4/c23-16(22-7-10-24-11-8-22)13-21-5-3-20(4-6-21)12-15-18-17(19-26-15)14-2-1-9-25-14/h1-2,9H,3-8,10-13H2. The molecule has 2 aliphatic rings. The van der Waals surface area contributed by atoms with E-state index in [9.17, 15) is 4.79 Å². The van der Waals surface area contributed by atoms with Gasteiger partial charge in [-0.1, -0.05) is 5.16 Å². The van der Waals surface area contributed by atoms with E-state index in [1.165, 1.54) is 0 Å². The van der Waals surface area contributed by atoms with Crippen LogP contribution < -0.4 is 0 Å². The Morgan fingerprint density at radius 2 is 1.85 bits per heavy atom. The molecule has 1 amide bonds. The topological polar surface area (TPSA) is 88.1 Å². The number of morpholine rings is 1. The Kier molecular flexibility index (Phi) is 5.28. The Morgan fingerprint density at radius 1 is 1.08 bits per heavy atom. The van der Waals surface area contributed by atoms with Gasteiger partial charge < -0.3 is 18.6 Å². The maximum Gasteiger partial charge on any atom is 0.241 e. The van der Waals surface area contributed by atoms with Crippen molar-refractivity contribution in [3.63, 3.8) is 0 Å². The number of hydrogen-bond donors (Lipinski definition) is 0. The van der Waals surface area contributed by atoms with Crippen molar-refractivity contribution < 1.29 is 18.5 Å². The van der Waals surface area contributed by atoms with Crippen molar-refractivity contribution in [1.29, 1.82) is 0 Å². The van der Waals surface area contributed by atoms with Gasteiger partial charge in [-0.25, -0.2) is 0 Å². The second-order valence-corrected chi connectivity index (χ2v) is 6.53. The molecule has 2 aromatic heterocycles. The number of nitrogens with zero attached hydrogens (tertiary/aromatic N) is 5. The van der Waals surface area contributed by atoms with Crippen molar-refractivity contribution in [2.24, 2.45) is 0 Å². The van der Waals surface area contributed by atoms with Crippen LogP contribution in [0.25, 0.3) is 11.6 Å². The molecule has 0 unspecified atom stereocenters. The lowest BCUT2D eigenvalue weighted by Gasteiger charge is -2.35. The van der Waals surface area contributed by atoms with Crippen LogP contribution in [0.3, 0.4) is 0 Å². The first-order chi connectivity index (χ1) is 12.8. The number of amides is 1. The molecule has 9 nitrogen and oxygen atoms in total. The third kappa shape index (κ3) is 4.12. The molecule has 2 saturated heterocycles. The summed E-state index contributed by atoms with van der Waals surface area (Å²) in [6.45, 7) is 7.24. The summed E-state index contributed by atoms with van der Waals surface area (Å²) < 4.78 is 15.9. The molecule has 2 aromatic rings. The Labute approximate surface area is 151 Å². The van der Waals surface area contributed by atoms with Crippen LogP contribution in [0.2, 0.25) is 0 Å². The normalized spacial score (nSPS) is 19.8. The monoisotopic (exact) mass is 361 g/mol. The highest BCUT2D eigenvalue weighted by atomic mass is 16.5. The minimum atomic E-state index is 0.196. The summed E-state index contributed by atoms with van der Waals surface area (Å²) in [6.07, 6.45) is 1.59. The molecule has 0 aromatic carbocycles. The molecule has 26 heavy (non-hydrogen) atoms. The van der Waals surface area contributed by atoms with Gasteiger partial charge in [0.25, 0.3) is 0 Å². The van der Waals surface area contributed by atoms with E-state index >= 15 is 0 Å². The number of carbonyl (C=O) groups is 1. The SMILES string of the molecule is O=C(CN1CCN(Cc2nc(-c3ccco3)no2)CC1)N1CCOCC1. The van der Waals surface area contributed by atoms with Crippen LogP contribution in [0.5, 0.6) is 0 Å². The fraction of sp³-hybridized carbons (Fsp3) is 0.588. The average molecular weight is 361 g/mol. The molecule has 2 fully saturated rings. The van der Waals surface area contributed by atoms with Crippen molar-refractivity contribution >= 4 is 5.91 Å². The van der Waals surface area contributed by atoms with Crippen molar-refractivity contribution in [2.75, 3.05) is 59.0 Å². The van der Waals surface area contributed by atoms with Gasteiger partial charge in [0.15, 0.2) is 5.76 Å². The maximum absolute atomic E-state index is 12.3. The summed E-state index contributed by atoms with van der Waals surface area (Å²) in [5.41, 5.74) is 0. The van der Waals surface area contributed by atoms with Crippen molar-refractivity contribution in [3.05, 3.63) is 24.3 Å². The van der Waals surface area contributed by atoms with Crippen LogP contribution in [-0.2, 0) is 16.1 Å². The minimum Gasteiger partial charge on any atom is -0.461 e. The van der Waals surface area contributed by atoms with Crippen LogP contribution in [0.4, 0.5) is 0 Å². The predicted molar refractivity (Wildman–Crippen MR) is 91.1 cm³/mol. The summed E-state index contributed by atoms with van der Waals surface area (Å²) in [6, 6.07) is 3.60. The van der Waals surface area contributed by atoms with Gasteiger partial charge in [0.05, 0.1) is 32.6 Å². The zero-order chi connectivity index (χ0) is 17.8.